The number of aliphatic hydroxyl groups is 1. The van der Waals surface area contributed by atoms with Gasteiger partial charge in [-0.25, -0.2) is 0 Å². The van der Waals surface area contributed by atoms with Crippen molar-refractivity contribution in [2.45, 2.75) is 25.9 Å². The van der Waals surface area contributed by atoms with E-state index in [0.29, 0.717) is 5.92 Å². The van der Waals surface area contributed by atoms with Crippen LogP contribution < -0.4 is 0 Å². The highest BCUT2D eigenvalue weighted by Gasteiger charge is 2.42. The minimum absolute atomic E-state index is 0.371. The molecule has 0 radical (unpaired) electrons. The first-order valence-electron chi connectivity index (χ1n) is 5.57. The first kappa shape index (κ1) is 11.1. The Morgan fingerprint density at radius 2 is 2.27 bits per heavy atom. The number of hydrogen-bond acceptors (Lipinski definition) is 3. The number of likely N-dealkylation sites (tertiary alicyclic amines) is 1. The maximum Gasteiger partial charge on any atom is 0.0922 e. The van der Waals surface area contributed by atoms with Crippen molar-refractivity contribution in [3.8, 4) is 0 Å². The van der Waals surface area contributed by atoms with Crippen LogP contribution in [0.25, 0.3) is 0 Å². The standard InChI is InChI=1S/C12H19NOS/c1-10(2)12(14)8-13(9-12)6-5-11-4-3-7-15-11/h3-4,7,10,14H,5-6,8-9H2,1-2H3. The number of hydrogen-bond donors (Lipinski definition) is 1. The molecule has 0 saturated carbocycles. The molecule has 0 atom stereocenters. The Hall–Kier alpha value is -0.380. The number of thiophene rings is 1. The van der Waals surface area contributed by atoms with Gasteiger partial charge in [0.2, 0.25) is 0 Å². The molecule has 2 rings (SSSR count). The van der Waals surface area contributed by atoms with Gasteiger partial charge in [0.25, 0.3) is 0 Å². The third kappa shape index (κ3) is 2.41. The minimum atomic E-state index is -0.421. The zero-order valence-electron chi connectivity index (χ0n) is 9.44. The van der Waals surface area contributed by atoms with Crippen molar-refractivity contribution in [1.82, 2.24) is 4.90 Å². The molecule has 2 nitrogen and oxygen atoms in total. The van der Waals surface area contributed by atoms with Crippen LogP contribution in [0.4, 0.5) is 0 Å². The Morgan fingerprint density at radius 3 is 2.80 bits per heavy atom. The lowest BCUT2D eigenvalue weighted by atomic mass is 9.83. The van der Waals surface area contributed by atoms with Gasteiger partial charge in [0.1, 0.15) is 0 Å². The molecule has 0 spiro atoms. The Balaban J connectivity index is 1.72. The van der Waals surface area contributed by atoms with E-state index in [0.717, 1.165) is 26.1 Å². The second-order valence-electron chi connectivity index (χ2n) is 4.80. The first-order valence-corrected chi connectivity index (χ1v) is 6.45. The van der Waals surface area contributed by atoms with Gasteiger partial charge in [-0.2, -0.15) is 0 Å². The lowest BCUT2D eigenvalue weighted by molar-refractivity contribution is -0.126. The van der Waals surface area contributed by atoms with Crippen molar-refractivity contribution in [3.05, 3.63) is 22.4 Å². The molecule has 1 saturated heterocycles. The van der Waals surface area contributed by atoms with Crippen molar-refractivity contribution in [2.75, 3.05) is 19.6 Å². The summed E-state index contributed by atoms with van der Waals surface area (Å²) in [6, 6.07) is 4.28. The lowest BCUT2D eigenvalue weighted by Crippen LogP contribution is -2.64. The molecule has 1 aliphatic heterocycles. The number of rotatable bonds is 4. The molecule has 1 fully saturated rings. The molecular formula is C12H19NOS. The summed E-state index contributed by atoms with van der Waals surface area (Å²) >= 11 is 1.82. The predicted molar refractivity (Wildman–Crippen MR) is 64.3 cm³/mol. The average molecular weight is 225 g/mol. The van der Waals surface area contributed by atoms with Crippen LogP contribution in [-0.4, -0.2) is 35.2 Å². The molecule has 3 heteroatoms. The van der Waals surface area contributed by atoms with Crippen molar-refractivity contribution >= 4 is 11.3 Å². The monoisotopic (exact) mass is 225 g/mol. The first-order chi connectivity index (χ1) is 7.10. The lowest BCUT2D eigenvalue weighted by Gasteiger charge is -2.49. The molecule has 0 aliphatic carbocycles. The van der Waals surface area contributed by atoms with Gasteiger partial charge in [0, 0.05) is 24.5 Å². The summed E-state index contributed by atoms with van der Waals surface area (Å²) in [7, 11) is 0. The highest BCUT2D eigenvalue weighted by atomic mass is 32.1. The van der Waals surface area contributed by atoms with Gasteiger partial charge in [-0.1, -0.05) is 19.9 Å². The molecule has 1 aromatic rings. The summed E-state index contributed by atoms with van der Waals surface area (Å²) in [5.41, 5.74) is -0.421. The SMILES string of the molecule is CC(C)C1(O)CN(CCc2cccs2)C1. The zero-order chi connectivity index (χ0) is 10.9. The molecule has 2 heterocycles. The van der Waals surface area contributed by atoms with E-state index in [1.807, 2.05) is 11.3 Å². The van der Waals surface area contributed by atoms with Crippen molar-refractivity contribution in [2.24, 2.45) is 5.92 Å². The molecule has 0 amide bonds. The van der Waals surface area contributed by atoms with Crippen LogP contribution in [0.1, 0.15) is 18.7 Å². The fraction of sp³-hybridized carbons (Fsp3) is 0.667. The van der Waals surface area contributed by atoms with Gasteiger partial charge in [0.15, 0.2) is 0 Å². The van der Waals surface area contributed by atoms with Crippen LogP contribution in [0, 0.1) is 5.92 Å². The van der Waals surface area contributed by atoms with E-state index in [4.69, 9.17) is 0 Å². The van der Waals surface area contributed by atoms with Crippen LogP contribution in [-0.2, 0) is 6.42 Å². The molecule has 0 bridgehead atoms. The normalized spacial score (nSPS) is 20.5. The fourth-order valence-electron chi connectivity index (χ4n) is 1.97. The molecule has 15 heavy (non-hydrogen) atoms. The van der Waals surface area contributed by atoms with E-state index >= 15 is 0 Å². The second-order valence-corrected chi connectivity index (χ2v) is 5.83. The van der Waals surface area contributed by atoms with Crippen LogP contribution >= 0.6 is 11.3 Å². The van der Waals surface area contributed by atoms with Crippen molar-refractivity contribution in [3.63, 3.8) is 0 Å². The van der Waals surface area contributed by atoms with E-state index in [-0.39, 0.29) is 0 Å². The smallest absolute Gasteiger partial charge is 0.0922 e. The summed E-state index contributed by atoms with van der Waals surface area (Å²) in [5.74, 6) is 0.371. The second kappa shape index (κ2) is 4.24. The van der Waals surface area contributed by atoms with Crippen LogP contribution in [0.3, 0.4) is 0 Å². The minimum Gasteiger partial charge on any atom is -0.387 e. The Bertz CT molecular complexity index is 301. The van der Waals surface area contributed by atoms with Crippen molar-refractivity contribution < 1.29 is 5.11 Å². The largest absolute Gasteiger partial charge is 0.387 e. The van der Waals surface area contributed by atoms with E-state index in [2.05, 4.69) is 36.3 Å². The van der Waals surface area contributed by atoms with Gasteiger partial charge in [-0.15, -0.1) is 11.3 Å². The van der Waals surface area contributed by atoms with Gasteiger partial charge in [0.05, 0.1) is 5.60 Å². The summed E-state index contributed by atoms with van der Waals surface area (Å²) in [5, 5.41) is 12.2. The van der Waals surface area contributed by atoms with Crippen LogP contribution in [0.15, 0.2) is 17.5 Å². The van der Waals surface area contributed by atoms with Crippen LogP contribution in [0.5, 0.6) is 0 Å². The Labute approximate surface area is 95.5 Å². The highest BCUT2D eigenvalue weighted by Crippen LogP contribution is 2.28. The topological polar surface area (TPSA) is 23.5 Å². The molecule has 1 N–H and O–H groups in total. The predicted octanol–water partition coefficient (Wildman–Crippen LogP) is 1.99. The molecule has 84 valence electrons. The Kier molecular flexibility index (Phi) is 3.14. The van der Waals surface area contributed by atoms with Gasteiger partial charge in [-0.05, 0) is 23.8 Å². The summed E-state index contributed by atoms with van der Waals surface area (Å²) in [6.07, 6.45) is 1.12. The molecular weight excluding hydrogens is 206 g/mol. The van der Waals surface area contributed by atoms with Crippen LogP contribution in [0.2, 0.25) is 0 Å². The molecule has 1 aromatic heterocycles. The van der Waals surface area contributed by atoms with Crippen molar-refractivity contribution in [1.29, 1.82) is 0 Å². The third-order valence-electron chi connectivity index (χ3n) is 3.32. The molecule has 0 unspecified atom stereocenters. The maximum atomic E-state index is 10.1. The number of nitrogens with zero attached hydrogens (tertiary/aromatic N) is 1. The van der Waals surface area contributed by atoms with Gasteiger partial charge >= 0.3 is 0 Å². The fourth-order valence-corrected chi connectivity index (χ4v) is 2.67. The zero-order valence-corrected chi connectivity index (χ0v) is 10.3. The Morgan fingerprint density at radius 1 is 1.53 bits per heavy atom. The van der Waals surface area contributed by atoms with Gasteiger partial charge in [-0.3, -0.25) is 4.90 Å². The molecule has 1 aliphatic rings. The van der Waals surface area contributed by atoms with Gasteiger partial charge < -0.3 is 5.11 Å². The summed E-state index contributed by atoms with van der Waals surface area (Å²) in [6.45, 7) is 6.95. The molecule has 0 aromatic carbocycles. The quantitative estimate of drug-likeness (QED) is 0.847. The number of β-amino-alcohol motifs (C(OH)–C–C–N with tert-alkyl or cyclic N) is 1. The van der Waals surface area contributed by atoms with E-state index < -0.39 is 5.60 Å². The average Bonchev–Trinajstić information content (AvgIpc) is 2.62. The van der Waals surface area contributed by atoms with E-state index in [1.54, 1.807) is 0 Å². The third-order valence-corrected chi connectivity index (χ3v) is 4.26. The highest BCUT2D eigenvalue weighted by molar-refractivity contribution is 7.09. The summed E-state index contributed by atoms with van der Waals surface area (Å²) in [4.78, 5) is 3.77. The van der Waals surface area contributed by atoms with E-state index in [9.17, 15) is 5.11 Å². The maximum absolute atomic E-state index is 10.1. The van der Waals surface area contributed by atoms with E-state index in [1.165, 1.54) is 4.88 Å². The summed E-state index contributed by atoms with van der Waals surface area (Å²) < 4.78 is 0.